The summed E-state index contributed by atoms with van der Waals surface area (Å²) in [6.07, 6.45) is 2.22. The average Bonchev–Trinajstić information content (AvgIpc) is 2.51. The van der Waals surface area contributed by atoms with Crippen LogP contribution in [0.4, 0.5) is 11.8 Å². The lowest BCUT2D eigenvalue weighted by Gasteiger charge is -2.24. The zero-order valence-electron chi connectivity index (χ0n) is 13.5. The molecule has 0 bridgehead atoms. The summed E-state index contributed by atoms with van der Waals surface area (Å²) in [6, 6.07) is 0. The second-order valence-corrected chi connectivity index (χ2v) is 5.36. The number of nitrogens with one attached hydrogen (secondary N) is 1. The van der Waals surface area contributed by atoms with Crippen LogP contribution in [0.3, 0.4) is 0 Å². The lowest BCUT2D eigenvalue weighted by atomic mass is 10.2. The van der Waals surface area contributed by atoms with Crippen molar-refractivity contribution in [2.24, 2.45) is 0 Å². The summed E-state index contributed by atoms with van der Waals surface area (Å²) in [6.45, 7) is 9.13. The van der Waals surface area contributed by atoms with Crippen molar-refractivity contribution >= 4 is 11.8 Å². The lowest BCUT2D eigenvalue weighted by Crippen LogP contribution is -2.36. The van der Waals surface area contributed by atoms with Gasteiger partial charge in [0, 0.05) is 19.6 Å². The van der Waals surface area contributed by atoms with Gasteiger partial charge in [-0.1, -0.05) is 25.2 Å². The molecule has 0 atom stereocenters. The van der Waals surface area contributed by atoms with Gasteiger partial charge in [0.05, 0.1) is 31.0 Å². The van der Waals surface area contributed by atoms with Gasteiger partial charge in [-0.2, -0.15) is 4.98 Å². The van der Waals surface area contributed by atoms with Crippen molar-refractivity contribution in [2.45, 2.75) is 26.7 Å². The molecule has 120 valence electrons. The van der Waals surface area contributed by atoms with Crippen molar-refractivity contribution in [3.63, 3.8) is 0 Å². The van der Waals surface area contributed by atoms with E-state index in [1.165, 1.54) is 0 Å². The maximum absolute atomic E-state index is 5.75. The third-order valence-electron chi connectivity index (χ3n) is 3.55. The van der Waals surface area contributed by atoms with Crippen LogP contribution < -0.4 is 11.1 Å². The van der Waals surface area contributed by atoms with E-state index in [1.54, 1.807) is 0 Å². The smallest absolute Gasteiger partial charge is 0.222 e. The molecule has 0 aromatic carbocycles. The molecule has 0 unspecified atom stereocenters. The van der Waals surface area contributed by atoms with Gasteiger partial charge in [0.1, 0.15) is 5.82 Å². The molecule has 0 spiro atoms. The zero-order valence-corrected chi connectivity index (χ0v) is 13.5. The fourth-order valence-corrected chi connectivity index (χ4v) is 2.25. The van der Waals surface area contributed by atoms with E-state index in [0.717, 1.165) is 69.3 Å². The molecule has 6 heteroatoms. The first-order valence-corrected chi connectivity index (χ1v) is 7.87. The van der Waals surface area contributed by atoms with Crippen LogP contribution in [-0.4, -0.2) is 54.3 Å². The third-order valence-corrected chi connectivity index (χ3v) is 3.55. The predicted molar refractivity (Wildman–Crippen MR) is 88.7 cm³/mol. The zero-order chi connectivity index (χ0) is 15.8. The van der Waals surface area contributed by atoms with Gasteiger partial charge in [0.15, 0.2) is 0 Å². The predicted octanol–water partition coefficient (Wildman–Crippen LogP) is 1.26. The SMILES string of the molecule is CCCCNc1nc(N)nc(C)c1C#CCN1CCOCC1. The van der Waals surface area contributed by atoms with Gasteiger partial charge in [-0.05, 0) is 13.3 Å². The normalized spacial score (nSPS) is 15.2. The summed E-state index contributed by atoms with van der Waals surface area (Å²) in [7, 11) is 0. The topological polar surface area (TPSA) is 76.3 Å². The maximum Gasteiger partial charge on any atom is 0.222 e. The van der Waals surface area contributed by atoms with Gasteiger partial charge in [-0.25, -0.2) is 4.98 Å². The molecule has 2 heterocycles. The van der Waals surface area contributed by atoms with Crippen LogP contribution in [0.5, 0.6) is 0 Å². The molecule has 0 radical (unpaired) electrons. The van der Waals surface area contributed by atoms with Crippen LogP contribution in [0.25, 0.3) is 0 Å². The minimum Gasteiger partial charge on any atom is -0.379 e. The number of nitrogens with two attached hydrogens (primary N) is 1. The van der Waals surface area contributed by atoms with Crippen LogP contribution in [0, 0.1) is 18.8 Å². The number of anilines is 2. The summed E-state index contributed by atoms with van der Waals surface area (Å²) in [5.74, 6) is 7.46. The molecule has 1 aromatic heterocycles. The molecule has 1 aromatic rings. The average molecular weight is 303 g/mol. The van der Waals surface area contributed by atoms with Gasteiger partial charge in [-0.15, -0.1) is 0 Å². The van der Waals surface area contributed by atoms with Gasteiger partial charge in [0.2, 0.25) is 5.95 Å². The van der Waals surface area contributed by atoms with Crippen molar-refractivity contribution in [1.82, 2.24) is 14.9 Å². The van der Waals surface area contributed by atoms with E-state index in [4.69, 9.17) is 10.5 Å². The van der Waals surface area contributed by atoms with E-state index in [2.05, 4.69) is 38.9 Å². The molecule has 0 amide bonds. The number of morpholine rings is 1. The Morgan fingerprint density at radius 2 is 2.09 bits per heavy atom. The molecule has 3 N–H and O–H groups in total. The summed E-state index contributed by atoms with van der Waals surface area (Å²) < 4.78 is 5.34. The Labute approximate surface area is 132 Å². The quantitative estimate of drug-likeness (QED) is 0.630. The molecule has 22 heavy (non-hydrogen) atoms. The molecule has 2 rings (SSSR count). The van der Waals surface area contributed by atoms with Crippen molar-refractivity contribution in [3.8, 4) is 11.8 Å². The largest absolute Gasteiger partial charge is 0.379 e. The summed E-state index contributed by atoms with van der Waals surface area (Å²) in [4.78, 5) is 10.8. The van der Waals surface area contributed by atoms with Crippen LogP contribution in [-0.2, 0) is 4.74 Å². The van der Waals surface area contributed by atoms with Crippen LogP contribution in [0.2, 0.25) is 0 Å². The molecular formula is C16H25N5O. The Balaban J connectivity index is 2.07. The Hall–Kier alpha value is -1.84. The number of nitrogen functional groups attached to an aromatic ring is 1. The molecule has 0 aliphatic carbocycles. The Morgan fingerprint density at radius 1 is 1.32 bits per heavy atom. The van der Waals surface area contributed by atoms with E-state index >= 15 is 0 Å². The number of unbranched alkanes of at least 4 members (excludes halogenated alkanes) is 1. The first-order valence-electron chi connectivity index (χ1n) is 7.87. The van der Waals surface area contributed by atoms with Crippen LogP contribution in [0.15, 0.2) is 0 Å². The number of aromatic nitrogens is 2. The molecule has 1 aliphatic heterocycles. The van der Waals surface area contributed by atoms with Gasteiger partial charge >= 0.3 is 0 Å². The van der Waals surface area contributed by atoms with Crippen molar-refractivity contribution in [2.75, 3.05) is 50.4 Å². The Bertz CT molecular complexity index is 543. The number of ether oxygens (including phenoxy) is 1. The minimum absolute atomic E-state index is 0.287. The van der Waals surface area contributed by atoms with Crippen molar-refractivity contribution < 1.29 is 4.74 Å². The van der Waals surface area contributed by atoms with Crippen molar-refractivity contribution in [3.05, 3.63) is 11.3 Å². The maximum atomic E-state index is 5.75. The van der Waals surface area contributed by atoms with Gasteiger partial charge < -0.3 is 15.8 Å². The standard InChI is InChI=1S/C16H25N5O/c1-3-4-7-18-15-14(13(2)19-16(17)20-15)6-5-8-21-9-11-22-12-10-21/h3-4,7-12H2,1-2H3,(H3,17,18,19,20). The van der Waals surface area contributed by atoms with Crippen LogP contribution >= 0.6 is 0 Å². The van der Waals surface area contributed by atoms with E-state index in [0.29, 0.717) is 0 Å². The molecule has 6 nitrogen and oxygen atoms in total. The number of nitrogens with zero attached hydrogens (tertiary/aromatic N) is 3. The summed E-state index contributed by atoms with van der Waals surface area (Å²) in [5, 5.41) is 3.32. The second kappa shape index (κ2) is 8.57. The summed E-state index contributed by atoms with van der Waals surface area (Å²) in [5.41, 5.74) is 7.41. The third kappa shape index (κ3) is 4.86. The fourth-order valence-electron chi connectivity index (χ4n) is 2.25. The molecule has 0 saturated carbocycles. The fraction of sp³-hybridized carbons (Fsp3) is 0.625. The number of hydrogen-bond donors (Lipinski definition) is 2. The Morgan fingerprint density at radius 3 is 2.82 bits per heavy atom. The van der Waals surface area contributed by atoms with Crippen molar-refractivity contribution in [1.29, 1.82) is 0 Å². The molecular weight excluding hydrogens is 278 g/mol. The van der Waals surface area contributed by atoms with E-state index < -0.39 is 0 Å². The van der Waals surface area contributed by atoms with Gasteiger partial charge in [-0.3, -0.25) is 4.90 Å². The molecule has 1 aliphatic rings. The van der Waals surface area contributed by atoms with E-state index in [-0.39, 0.29) is 5.95 Å². The highest BCUT2D eigenvalue weighted by molar-refractivity contribution is 5.58. The second-order valence-electron chi connectivity index (χ2n) is 5.36. The highest BCUT2D eigenvalue weighted by atomic mass is 16.5. The number of aryl methyl sites for hydroxylation is 1. The monoisotopic (exact) mass is 303 g/mol. The van der Waals surface area contributed by atoms with E-state index in [1.807, 2.05) is 6.92 Å². The molecule has 1 saturated heterocycles. The number of rotatable bonds is 5. The minimum atomic E-state index is 0.287. The van der Waals surface area contributed by atoms with E-state index in [9.17, 15) is 0 Å². The first-order chi connectivity index (χ1) is 10.7. The lowest BCUT2D eigenvalue weighted by molar-refractivity contribution is 0.0443. The number of hydrogen-bond acceptors (Lipinski definition) is 6. The van der Waals surface area contributed by atoms with Crippen LogP contribution in [0.1, 0.15) is 31.0 Å². The first kappa shape index (κ1) is 16.5. The highest BCUT2D eigenvalue weighted by Crippen LogP contribution is 2.16. The molecule has 1 fully saturated rings. The Kier molecular flexibility index (Phi) is 6.44. The summed E-state index contributed by atoms with van der Waals surface area (Å²) >= 11 is 0. The highest BCUT2D eigenvalue weighted by Gasteiger charge is 2.10. The van der Waals surface area contributed by atoms with Gasteiger partial charge in [0.25, 0.3) is 0 Å².